The molecule has 2 N–H and O–H groups in total. The van der Waals surface area contributed by atoms with E-state index in [0.717, 1.165) is 24.5 Å². The molecular weight excluding hydrogens is 285 g/mol. The highest BCUT2D eigenvalue weighted by molar-refractivity contribution is 9.10. The SMILES string of the molecule is CCCNC(=NC)NCc1ccc(Br)c(F)c1. The Morgan fingerprint density at radius 2 is 2.18 bits per heavy atom. The second-order valence-electron chi connectivity index (χ2n) is 3.60. The van der Waals surface area contributed by atoms with E-state index >= 15 is 0 Å². The van der Waals surface area contributed by atoms with Crippen LogP contribution in [0.3, 0.4) is 0 Å². The van der Waals surface area contributed by atoms with Gasteiger partial charge in [-0.15, -0.1) is 0 Å². The number of halogens is 2. The second-order valence-corrected chi connectivity index (χ2v) is 4.46. The van der Waals surface area contributed by atoms with Crippen LogP contribution in [0.2, 0.25) is 0 Å². The lowest BCUT2D eigenvalue weighted by molar-refractivity contribution is 0.617. The van der Waals surface area contributed by atoms with E-state index in [2.05, 4.69) is 38.5 Å². The van der Waals surface area contributed by atoms with Gasteiger partial charge in [0.05, 0.1) is 4.47 Å². The molecule has 0 aliphatic heterocycles. The third-order valence-electron chi connectivity index (χ3n) is 2.21. The van der Waals surface area contributed by atoms with Crippen molar-refractivity contribution in [2.45, 2.75) is 19.9 Å². The standard InChI is InChI=1S/C12H17BrFN3/c1-3-6-16-12(15-2)17-8-9-4-5-10(13)11(14)7-9/h4-5,7H,3,6,8H2,1-2H3,(H2,15,16,17). The molecule has 1 rings (SSSR count). The molecule has 0 aliphatic carbocycles. The summed E-state index contributed by atoms with van der Waals surface area (Å²) in [6.45, 7) is 3.51. The van der Waals surface area contributed by atoms with Gasteiger partial charge in [-0.25, -0.2) is 4.39 Å². The molecule has 0 spiro atoms. The number of benzene rings is 1. The highest BCUT2D eigenvalue weighted by Gasteiger charge is 2.01. The average molecular weight is 302 g/mol. The molecule has 0 saturated carbocycles. The van der Waals surface area contributed by atoms with Gasteiger partial charge in [0.1, 0.15) is 5.82 Å². The van der Waals surface area contributed by atoms with Crippen molar-refractivity contribution in [3.8, 4) is 0 Å². The quantitative estimate of drug-likeness (QED) is 0.663. The highest BCUT2D eigenvalue weighted by atomic mass is 79.9. The molecule has 0 bridgehead atoms. The third-order valence-corrected chi connectivity index (χ3v) is 2.85. The van der Waals surface area contributed by atoms with Crippen LogP contribution < -0.4 is 10.6 Å². The van der Waals surface area contributed by atoms with Gasteiger partial charge in [0.2, 0.25) is 0 Å². The molecule has 17 heavy (non-hydrogen) atoms. The molecule has 0 heterocycles. The van der Waals surface area contributed by atoms with E-state index in [1.807, 2.05) is 6.07 Å². The first kappa shape index (κ1) is 14.0. The molecule has 5 heteroatoms. The minimum atomic E-state index is -0.249. The molecule has 0 fully saturated rings. The predicted octanol–water partition coefficient (Wildman–Crippen LogP) is 2.66. The number of hydrogen-bond donors (Lipinski definition) is 2. The molecule has 1 aromatic carbocycles. The van der Waals surface area contributed by atoms with Gasteiger partial charge < -0.3 is 10.6 Å². The Kier molecular flexibility index (Phi) is 5.97. The van der Waals surface area contributed by atoms with Gasteiger partial charge in [-0.2, -0.15) is 0 Å². The maximum atomic E-state index is 13.3. The normalized spacial score (nSPS) is 11.4. The van der Waals surface area contributed by atoms with Gasteiger partial charge in [0, 0.05) is 20.1 Å². The lowest BCUT2D eigenvalue weighted by atomic mass is 10.2. The highest BCUT2D eigenvalue weighted by Crippen LogP contribution is 2.16. The van der Waals surface area contributed by atoms with Crippen molar-refractivity contribution >= 4 is 21.9 Å². The van der Waals surface area contributed by atoms with Crippen LogP contribution in [0.1, 0.15) is 18.9 Å². The minimum absolute atomic E-state index is 0.249. The smallest absolute Gasteiger partial charge is 0.191 e. The molecule has 0 aliphatic rings. The van der Waals surface area contributed by atoms with Gasteiger partial charge in [0.25, 0.3) is 0 Å². The fourth-order valence-corrected chi connectivity index (χ4v) is 1.55. The average Bonchev–Trinajstić information content (AvgIpc) is 2.34. The number of guanidine groups is 1. The number of nitrogens with zero attached hydrogens (tertiary/aromatic N) is 1. The van der Waals surface area contributed by atoms with E-state index in [9.17, 15) is 4.39 Å². The van der Waals surface area contributed by atoms with Crippen molar-refractivity contribution in [2.75, 3.05) is 13.6 Å². The summed E-state index contributed by atoms with van der Waals surface area (Å²) in [6, 6.07) is 5.08. The Hall–Kier alpha value is -1.10. The van der Waals surface area contributed by atoms with Crippen LogP contribution in [0, 0.1) is 5.82 Å². The Morgan fingerprint density at radius 1 is 1.41 bits per heavy atom. The second kappa shape index (κ2) is 7.27. The monoisotopic (exact) mass is 301 g/mol. The van der Waals surface area contributed by atoms with Crippen molar-refractivity contribution in [3.05, 3.63) is 34.1 Å². The largest absolute Gasteiger partial charge is 0.356 e. The van der Waals surface area contributed by atoms with Crippen molar-refractivity contribution in [3.63, 3.8) is 0 Å². The first-order valence-electron chi connectivity index (χ1n) is 5.55. The summed E-state index contributed by atoms with van der Waals surface area (Å²) in [7, 11) is 1.72. The van der Waals surface area contributed by atoms with E-state index in [1.54, 1.807) is 13.1 Å². The Morgan fingerprint density at radius 3 is 2.76 bits per heavy atom. The minimum Gasteiger partial charge on any atom is -0.356 e. The van der Waals surface area contributed by atoms with Crippen LogP contribution >= 0.6 is 15.9 Å². The number of aliphatic imine (C=N–C) groups is 1. The Labute approximate surface area is 110 Å². The lowest BCUT2D eigenvalue weighted by Crippen LogP contribution is -2.37. The van der Waals surface area contributed by atoms with Crippen molar-refractivity contribution in [1.29, 1.82) is 0 Å². The molecule has 0 unspecified atom stereocenters. The lowest BCUT2D eigenvalue weighted by Gasteiger charge is -2.11. The molecule has 0 saturated heterocycles. The maximum absolute atomic E-state index is 13.3. The number of rotatable bonds is 4. The molecule has 0 atom stereocenters. The van der Waals surface area contributed by atoms with Crippen LogP contribution in [0.15, 0.2) is 27.7 Å². The van der Waals surface area contributed by atoms with Gasteiger partial charge in [-0.05, 0) is 40.0 Å². The summed E-state index contributed by atoms with van der Waals surface area (Å²) in [4.78, 5) is 4.07. The summed E-state index contributed by atoms with van der Waals surface area (Å²) >= 11 is 3.13. The summed E-state index contributed by atoms with van der Waals surface area (Å²) < 4.78 is 13.7. The first-order valence-corrected chi connectivity index (χ1v) is 6.35. The van der Waals surface area contributed by atoms with E-state index in [1.165, 1.54) is 6.07 Å². The zero-order chi connectivity index (χ0) is 12.7. The fourth-order valence-electron chi connectivity index (χ4n) is 1.30. The predicted molar refractivity (Wildman–Crippen MR) is 72.6 cm³/mol. The molecule has 0 aromatic heterocycles. The van der Waals surface area contributed by atoms with E-state index < -0.39 is 0 Å². The summed E-state index contributed by atoms with van der Waals surface area (Å²) in [5.74, 6) is 0.482. The summed E-state index contributed by atoms with van der Waals surface area (Å²) in [6.07, 6.45) is 1.04. The Balaban J connectivity index is 2.51. The van der Waals surface area contributed by atoms with E-state index in [4.69, 9.17) is 0 Å². The summed E-state index contributed by atoms with van der Waals surface area (Å²) in [5, 5.41) is 6.28. The third kappa shape index (κ3) is 4.73. The zero-order valence-electron chi connectivity index (χ0n) is 10.1. The summed E-state index contributed by atoms with van der Waals surface area (Å²) in [5.41, 5.74) is 0.880. The molecule has 0 radical (unpaired) electrons. The van der Waals surface area contributed by atoms with Crippen molar-refractivity contribution in [1.82, 2.24) is 10.6 Å². The topological polar surface area (TPSA) is 36.4 Å². The number of hydrogen-bond acceptors (Lipinski definition) is 1. The van der Waals surface area contributed by atoms with Crippen molar-refractivity contribution < 1.29 is 4.39 Å². The zero-order valence-corrected chi connectivity index (χ0v) is 11.6. The van der Waals surface area contributed by atoms with Crippen LogP contribution in [0.25, 0.3) is 0 Å². The molecule has 1 aromatic rings. The fraction of sp³-hybridized carbons (Fsp3) is 0.417. The van der Waals surface area contributed by atoms with Crippen LogP contribution in [-0.4, -0.2) is 19.6 Å². The Bertz CT molecular complexity index is 393. The molecule has 0 amide bonds. The van der Waals surface area contributed by atoms with E-state index in [0.29, 0.717) is 11.0 Å². The van der Waals surface area contributed by atoms with Gasteiger partial charge >= 0.3 is 0 Å². The van der Waals surface area contributed by atoms with Gasteiger partial charge in [0.15, 0.2) is 5.96 Å². The van der Waals surface area contributed by atoms with Gasteiger partial charge in [-0.3, -0.25) is 4.99 Å². The number of nitrogens with one attached hydrogen (secondary N) is 2. The van der Waals surface area contributed by atoms with Crippen LogP contribution in [0.5, 0.6) is 0 Å². The van der Waals surface area contributed by atoms with Crippen LogP contribution in [0.4, 0.5) is 4.39 Å². The van der Waals surface area contributed by atoms with Gasteiger partial charge in [-0.1, -0.05) is 13.0 Å². The molecule has 94 valence electrons. The molecule has 3 nitrogen and oxygen atoms in total. The van der Waals surface area contributed by atoms with Crippen LogP contribution in [-0.2, 0) is 6.54 Å². The van der Waals surface area contributed by atoms with Crippen molar-refractivity contribution in [2.24, 2.45) is 4.99 Å². The maximum Gasteiger partial charge on any atom is 0.191 e. The van der Waals surface area contributed by atoms with E-state index in [-0.39, 0.29) is 5.82 Å². The first-order chi connectivity index (χ1) is 8.17. The molecular formula is C12H17BrFN3.